The van der Waals surface area contributed by atoms with Crippen LogP contribution in [0.5, 0.6) is 5.75 Å². The third-order valence-corrected chi connectivity index (χ3v) is 4.72. The Morgan fingerprint density at radius 1 is 1.00 bits per heavy atom. The Balaban J connectivity index is 2.05. The molecule has 6 heteroatoms. The monoisotopic (exact) mass is 393 g/mol. The zero-order valence-electron chi connectivity index (χ0n) is 16.8. The Morgan fingerprint density at radius 3 is 2.45 bits per heavy atom. The lowest BCUT2D eigenvalue weighted by molar-refractivity contribution is -0.147. The summed E-state index contributed by atoms with van der Waals surface area (Å²) in [6.45, 7) is 1.59. The molecular weight excluding hydrogens is 370 g/mol. The van der Waals surface area contributed by atoms with Crippen LogP contribution < -0.4 is 4.74 Å². The van der Waals surface area contributed by atoms with Gasteiger partial charge in [-0.25, -0.2) is 9.59 Å². The van der Waals surface area contributed by atoms with E-state index in [-0.39, 0.29) is 0 Å². The highest BCUT2D eigenvalue weighted by atomic mass is 16.6. The topological polar surface area (TPSA) is 66.8 Å². The van der Waals surface area contributed by atoms with Crippen LogP contribution in [0.15, 0.2) is 48.5 Å². The zero-order chi connectivity index (χ0) is 21.0. The molecule has 0 saturated carbocycles. The predicted molar refractivity (Wildman–Crippen MR) is 112 cm³/mol. The first-order chi connectivity index (χ1) is 14.0. The second kappa shape index (κ2) is 8.65. The molecule has 3 aromatic rings. The number of esters is 2. The first kappa shape index (κ1) is 20.2. The van der Waals surface area contributed by atoms with Gasteiger partial charge in [0.15, 0.2) is 6.10 Å². The molecule has 0 bridgehead atoms. The van der Waals surface area contributed by atoms with Gasteiger partial charge in [0.25, 0.3) is 0 Å². The molecule has 0 aliphatic heterocycles. The van der Waals surface area contributed by atoms with Gasteiger partial charge >= 0.3 is 11.9 Å². The number of hydrogen-bond donors (Lipinski definition) is 0. The molecule has 0 spiro atoms. The van der Waals surface area contributed by atoms with E-state index in [2.05, 4.69) is 10.6 Å². The Morgan fingerprint density at radius 2 is 1.76 bits per heavy atom. The maximum absolute atomic E-state index is 12.3. The Labute approximate surface area is 169 Å². The average molecular weight is 393 g/mol. The lowest BCUT2D eigenvalue weighted by atomic mass is 10.1. The normalized spacial score (nSPS) is 12.1. The summed E-state index contributed by atoms with van der Waals surface area (Å²) in [6, 6.07) is 15.2. The van der Waals surface area contributed by atoms with Crippen molar-refractivity contribution in [2.24, 2.45) is 7.05 Å². The standard InChI is InChI=1S/C23H23NO5/c1-15(22(25)27-3)29-21-11-7-9-19(23(26)28-4)18(21)13-12-17-14-16-8-5-6-10-20(16)24(17)2/h5-15H,1-4H3. The summed E-state index contributed by atoms with van der Waals surface area (Å²) >= 11 is 0. The molecule has 0 aliphatic rings. The van der Waals surface area contributed by atoms with E-state index < -0.39 is 18.0 Å². The number of carbonyl (C=O) groups is 2. The SMILES string of the molecule is COC(=O)c1cccc(OC(C)C(=O)OC)c1C=Cc1cc2ccccc2n1C. The number of aryl methyl sites for hydroxylation is 1. The van der Waals surface area contributed by atoms with Crippen LogP contribution in [0.4, 0.5) is 0 Å². The lowest BCUT2D eigenvalue weighted by Gasteiger charge is -2.16. The van der Waals surface area contributed by atoms with Crippen LogP contribution in [0.2, 0.25) is 0 Å². The molecule has 0 fully saturated rings. The van der Waals surface area contributed by atoms with Crippen LogP contribution in [-0.2, 0) is 21.3 Å². The summed E-state index contributed by atoms with van der Waals surface area (Å²) in [6.07, 6.45) is 2.87. The summed E-state index contributed by atoms with van der Waals surface area (Å²) in [5.41, 5.74) is 2.93. The minimum atomic E-state index is -0.822. The molecule has 3 rings (SSSR count). The number of aromatic nitrogens is 1. The van der Waals surface area contributed by atoms with Gasteiger partial charge in [-0.3, -0.25) is 0 Å². The van der Waals surface area contributed by atoms with E-state index in [4.69, 9.17) is 14.2 Å². The molecule has 6 nitrogen and oxygen atoms in total. The highest BCUT2D eigenvalue weighted by molar-refractivity contribution is 5.96. The van der Waals surface area contributed by atoms with E-state index in [9.17, 15) is 9.59 Å². The Hall–Kier alpha value is -3.54. The van der Waals surface area contributed by atoms with Crippen LogP contribution in [-0.4, -0.2) is 36.8 Å². The van der Waals surface area contributed by atoms with Gasteiger partial charge < -0.3 is 18.8 Å². The van der Waals surface area contributed by atoms with E-state index in [1.165, 1.54) is 14.2 Å². The first-order valence-corrected chi connectivity index (χ1v) is 9.14. The number of rotatable bonds is 6. The molecule has 150 valence electrons. The molecule has 0 amide bonds. The van der Waals surface area contributed by atoms with Crippen molar-refractivity contribution in [3.63, 3.8) is 0 Å². The number of hydrogen-bond acceptors (Lipinski definition) is 5. The molecule has 1 atom stereocenters. The number of ether oxygens (including phenoxy) is 3. The molecule has 0 aliphatic carbocycles. The van der Waals surface area contributed by atoms with E-state index in [1.54, 1.807) is 31.2 Å². The molecule has 0 radical (unpaired) electrons. The fourth-order valence-electron chi connectivity index (χ4n) is 3.15. The third kappa shape index (κ3) is 4.16. The molecule has 1 unspecified atom stereocenters. The van der Waals surface area contributed by atoms with Gasteiger partial charge in [0, 0.05) is 29.2 Å². The van der Waals surface area contributed by atoms with Gasteiger partial charge in [0.1, 0.15) is 5.75 Å². The fourth-order valence-corrected chi connectivity index (χ4v) is 3.15. The predicted octanol–water partition coefficient (Wildman–Crippen LogP) is 4.08. The van der Waals surface area contributed by atoms with Gasteiger partial charge in [-0.1, -0.05) is 24.3 Å². The van der Waals surface area contributed by atoms with Crippen molar-refractivity contribution in [2.75, 3.05) is 14.2 Å². The number of fused-ring (bicyclic) bond motifs is 1. The number of para-hydroxylation sites is 1. The van der Waals surface area contributed by atoms with Gasteiger partial charge in [-0.15, -0.1) is 0 Å². The van der Waals surface area contributed by atoms with E-state index in [0.717, 1.165) is 16.6 Å². The van der Waals surface area contributed by atoms with Crippen LogP contribution in [0.3, 0.4) is 0 Å². The van der Waals surface area contributed by atoms with Crippen molar-refractivity contribution >= 4 is 35.0 Å². The number of benzene rings is 2. The molecule has 0 saturated heterocycles. The second-order valence-corrected chi connectivity index (χ2v) is 6.51. The van der Waals surface area contributed by atoms with Crippen molar-refractivity contribution in [3.8, 4) is 5.75 Å². The van der Waals surface area contributed by atoms with Crippen molar-refractivity contribution in [1.29, 1.82) is 0 Å². The Kier molecular flexibility index (Phi) is 6.02. The molecule has 2 aromatic carbocycles. The van der Waals surface area contributed by atoms with Gasteiger partial charge in [-0.2, -0.15) is 0 Å². The highest BCUT2D eigenvalue weighted by Gasteiger charge is 2.20. The molecular formula is C23H23NO5. The van der Waals surface area contributed by atoms with Gasteiger partial charge in [0.2, 0.25) is 0 Å². The van der Waals surface area contributed by atoms with Crippen molar-refractivity contribution in [3.05, 3.63) is 65.4 Å². The molecule has 1 aromatic heterocycles. The van der Waals surface area contributed by atoms with Crippen LogP contribution in [0.25, 0.3) is 23.1 Å². The van der Waals surface area contributed by atoms with Crippen molar-refractivity contribution in [1.82, 2.24) is 4.57 Å². The quantitative estimate of drug-likeness (QED) is 0.591. The maximum atomic E-state index is 12.3. The minimum Gasteiger partial charge on any atom is -0.478 e. The summed E-state index contributed by atoms with van der Waals surface area (Å²) in [7, 11) is 4.60. The van der Waals surface area contributed by atoms with E-state index >= 15 is 0 Å². The van der Waals surface area contributed by atoms with E-state index in [0.29, 0.717) is 16.9 Å². The summed E-state index contributed by atoms with van der Waals surface area (Å²) < 4.78 is 17.5. The molecule has 1 heterocycles. The largest absolute Gasteiger partial charge is 0.478 e. The van der Waals surface area contributed by atoms with Crippen LogP contribution >= 0.6 is 0 Å². The van der Waals surface area contributed by atoms with Crippen molar-refractivity contribution in [2.45, 2.75) is 13.0 Å². The first-order valence-electron chi connectivity index (χ1n) is 9.14. The molecule has 29 heavy (non-hydrogen) atoms. The summed E-state index contributed by atoms with van der Waals surface area (Å²) in [4.78, 5) is 24.0. The third-order valence-electron chi connectivity index (χ3n) is 4.72. The summed E-state index contributed by atoms with van der Waals surface area (Å²) in [5.74, 6) is -0.601. The highest BCUT2D eigenvalue weighted by Crippen LogP contribution is 2.28. The zero-order valence-corrected chi connectivity index (χ0v) is 16.8. The number of carbonyl (C=O) groups excluding carboxylic acids is 2. The fraction of sp³-hybridized carbons (Fsp3) is 0.217. The Bertz CT molecular complexity index is 1080. The second-order valence-electron chi connectivity index (χ2n) is 6.51. The number of methoxy groups -OCH3 is 2. The lowest BCUT2D eigenvalue weighted by Crippen LogP contribution is -2.25. The average Bonchev–Trinajstić information content (AvgIpc) is 3.07. The molecule has 0 N–H and O–H groups in total. The summed E-state index contributed by atoms with van der Waals surface area (Å²) in [5, 5.41) is 1.12. The van der Waals surface area contributed by atoms with Crippen LogP contribution in [0.1, 0.15) is 28.5 Å². The smallest absolute Gasteiger partial charge is 0.346 e. The number of nitrogens with zero attached hydrogens (tertiary/aromatic N) is 1. The maximum Gasteiger partial charge on any atom is 0.346 e. The van der Waals surface area contributed by atoms with Gasteiger partial charge in [-0.05, 0) is 43.3 Å². The van der Waals surface area contributed by atoms with Gasteiger partial charge in [0.05, 0.1) is 19.8 Å². The van der Waals surface area contributed by atoms with Crippen LogP contribution in [0, 0.1) is 0 Å². The van der Waals surface area contributed by atoms with Crippen molar-refractivity contribution < 1.29 is 23.8 Å². The minimum absolute atomic E-state index is 0.345. The van der Waals surface area contributed by atoms with E-state index in [1.807, 2.05) is 37.4 Å².